The lowest BCUT2D eigenvalue weighted by molar-refractivity contribution is 0.414. The summed E-state index contributed by atoms with van der Waals surface area (Å²) in [6.45, 7) is 2.73. The van der Waals surface area contributed by atoms with E-state index in [-0.39, 0.29) is 0 Å². The van der Waals surface area contributed by atoms with E-state index in [0.717, 1.165) is 34.0 Å². The Morgan fingerprint density at radius 2 is 1.88 bits per heavy atom. The fourth-order valence-corrected chi connectivity index (χ4v) is 2.70. The Bertz CT molecular complexity index is 798. The normalized spacial score (nSPS) is 15.4. The van der Waals surface area contributed by atoms with E-state index in [1.807, 2.05) is 61.5 Å². The molecule has 0 atom stereocenters. The van der Waals surface area contributed by atoms with Gasteiger partial charge in [0.05, 0.1) is 7.11 Å². The SMILES string of the molecule is COc1ccc(CNC(C)=CN=C2N=C(Nc3ccccc3)S2)cc1. The summed E-state index contributed by atoms with van der Waals surface area (Å²) < 4.78 is 5.16. The number of ether oxygens (including phenoxy) is 1. The van der Waals surface area contributed by atoms with Crippen molar-refractivity contribution in [2.24, 2.45) is 9.98 Å². The third-order valence-electron chi connectivity index (χ3n) is 3.51. The van der Waals surface area contributed by atoms with E-state index in [4.69, 9.17) is 4.74 Å². The van der Waals surface area contributed by atoms with Gasteiger partial charge in [-0.05, 0) is 48.5 Å². The highest BCUT2D eigenvalue weighted by molar-refractivity contribution is 8.29. The number of methoxy groups -OCH3 is 1. The molecule has 0 aromatic heterocycles. The molecule has 0 aliphatic carbocycles. The first-order valence-corrected chi connectivity index (χ1v) is 8.74. The number of para-hydroxylation sites is 1. The number of benzene rings is 2. The van der Waals surface area contributed by atoms with Crippen LogP contribution in [-0.2, 0) is 6.54 Å². The minimum atomic E-state index is 0.744. The molecule has 0 bridgehead atoms. The first-order chi connectivity index (χ1) is 12.2. The van der Waals surface area contributed by atoms with Crippen LogP contribution in [0.25, 0.3) is 0 Å². The summed E-state index contributed by atoms with van der Waals surface area (Å²) in [5.41, 5.74) is 3.20. The van der Waals surface area contributed by atoms with E-state index >= 15 is 0 Å². The number of nitrogens with zero attached hydrogens (tertiary/aromatic N) is 2. The van der Waals surface area contributed by atoms with Crippen LogP contribution in [0.4, 0.5) is 5.69 Å². The number of hydrogen-bond donors (Lipinski definition) is 2. The lowest BCUT2D eigenvalue weighted by Crippen LogP contribution is -2.19. The van der Waals surface area contributed by atoms with Crippen LogP contribution < -0.4 is 15.4 Å². The molecule has 6 heteroatoms. The van der Waals surface area contributed by atoms with Crippen LogP contribution in [0, 0.1) is 0 Å². The zero-order valence-electron chi connectivity index (χ0n) is 14.2. The predicted molar refractivity (Wildman–Crippen MR) is 106 cm³/mol. The van der Waals surface area contributed by atoms with Crippen LogP contribution in [0.1, 0.15) is 12.5 Å². The molecule has 0 saturated heterocycles. The second kappa shape index (κ2) is 8.39. The first-order valence-electron chi connectivity index (χ1n) is 7.93. The van der Waals surface area contributed by atoms with Gasteiger partial charge in [-0.15, -0.1) is 0 Å². The molecule has 3 rings (SSSR count). The largest absolute Gasteiger partial charge is 0.497 e. The molecule has 25 heavy (non-hydrogen) atoms. The van der Waals surface area contributed by atoms with Gasteiger partial charge in [0.2, 0.25) is 0 Å². The van der Waals surface area contributed by atoms with Crippen molar-refractivity contribution in [2.45, 2.75) is 13.5 Å². The van der Waals surface area contributed by atoms with Crippen molar-refractivity contribution < 1.29 is 4.74 Å². The average molecular weight is 352 g/mol. The topological polar surface area (TPSA) is 58.0 Å². The van der Waals surface area contributed by atoms with Gasteiger partial charge in [-0.1, -0.05) is 30.3 Å². The van der Waals surface area contributed by atoms with E-state index in [1.165, 1.54) is 17.3 Å². The van der Waals surface area contributed by atoms with Crippen molar-refractivity contribution in [1.82, 2.24) is 5.32 Å². The molecule has 0 fully saturated rings. The first kappa shape index (κ1) is 17.1. The number of hydrogen-bond acceptors (Lipinski definition) is 5. The fourth-order valence-electron chi connectivity index (χ4n) is 2.12. The van der Waals surface area contributed by atoms with Crippen molar-refractivity contribution in [3.05, 3.63) is 72.1 Å². The summed E-state index contributed by atoms with van der Waals surface area (Å²) in [6, 6.07) is 18.0. The lowest BCUT2D eigenvalue weighted by Gasteiger charge is -2.15. The van der Waals surface area contributed by atoms with Crippen LogP contribution in [0.2, 0.25) is 0 Å². The Kier molecular flexibility index (Phi) is 5.74. The Labute approximate surface area is 151 Å². The molecule has 0 amide bonds. The zero-order chi connectivity index (χ0) is 17.5. The van der Waals surface area contributed by atoms with Crippen molar-refractivity contribution in [3.63, 3.8) is 0 Å². The molecule has 0 spiro atoms. The van der Waals surface area contributed by atoms with Gasteiger partial charge in [0, 0.05) is 24.1 Å². The number of thioether (sulfide) groups is 1. The summed E-state index contributed by atoms with van der Waals surface area (Å²) in [4.78, 5) is 8.73. The van der Waals surface area contributed by atoms with Crippen molar-refractivity contribution in [1.29, 1.82) is 0 Å². The van der Waals surface area contributed by atoms with Gasteiger partial charge in [0.25, 0.3) is 0 Å². The molecular weight excluding hydrogens is 332 g/mol. The molecule has 2 N–H and O–H groups in total. The van der Waals surface area contributed by atoms with E-state index in [1.54, 1.807) is 13.3 Å². The molecule has 2 aromatic rings. The fraction of sp³-hybridized carbons (Fsp3) is 0.158. The van der Waals surface area contributed by atoms with Crippen molar-refractivity contribution in [2.75, 3.05) is 12.4 Å². The summed E-state index contributed by atoms with van der Waals surface area (Å²) in [5.74, 6) is 0.863. The quantitative estimate of drug-likeness (QED) is 0.817. The third-order valence-corrected chi connectivity index (χ3v) is 4.28. The lowest BCUT2D eigenvalue weighted by atomic mass is 10.2. The van der Waals surface area contributed by atoms with Gasteiger partial charge in [-0.25, -0.2) is 4.99 Å². The van der Waals surface area contributed by atoms with Crippen LogP contribution in [0.3, 0.4) is 0 Å². The van der Waals surface area contributed by atoms with Crippen LogP contribution in [0.15, 0.2) is 76.5 Å². The maximum atomic E-state index is 5.16. The van der Waals surface area contributed by atoms with Gasteiger partial charge in [-0.2, -0.15) is 4.99 Å². The summed E-state index contributed by atoms with van der Waals surface area (Å²) in [5, 5.41) is 8.19. The molecule has 0 saturated carbocycles. The highest BCUT2D eigenvalue weighted by atomic mass is 32.2. The molecule has 0 radical (unpaired) electrons. The highest BCUT2D eigenvalue weighted by Gasteiger charge is 2.16. The smallest absolute Gasteiger partial charge is 0.197 e. The molecule has 1 aliphatic heterocycles. The van der Waals surface area contributed by atoms with E-state index in [9.17, 15) is 0 Å². The van der Waals surface area contributed by atoms with Crippen molar-refractivity contribution in [3.8, 4) is 5.75 Å². The Hall–Kier alpha value is -2.73. The van der Waals surface area contributed by atoms with Crippen LogP contribution >= 0.6 is 11.8 Å². The van der Waals surface area contributed by atoms with Gasteiger partial charge in [0.15, 0.2) is 10.3 Å². The van der Waals surface area contributed by atoms with E-state index < -0.39 is 0 Å². The van der Waals surface area contributed by atoms with Crippen molar-refractivity contribution >= 4 is 27.8 Å². The summed E-state index contributed by atoms with van der Waals surface area (Å²) in [7, 11) is 1.67. The zero-order valence-corrected chi connectivity index (χ0v) is 15.0. The number of nitrogens with one attached hydrogen (secondary N) is 2. The Morgan fingerprint density at radius 3 is 2.56 bits per heavy atom. The highest BCUT2D eigenvalue weighted by Crippen LogP contribution is 2.22. The van der Waals surface area contributed by atoms with Gasteiger partial charge < -0.3 is 15.4 Å². The summed E-state index contributed by atoms with van der Waals surface area (Å²) in [6.07, 6.45) is 1.80. The molecular formula is C19H20N4OS. The minimum Gasteiger partial charge on any atom is -0.497 e. The number of rotatable bonds is 6. The maximum Gasteiger partial charge on any atom is 0.197 e. The molecule has 1 aliphatic rings. The third kappa shape index (κ3) is 5.12. The van der Waals surface area contributed by atoms with E-state index in [0.29, 0.717) is 0 Å². The molecule has 5 nitrogen and oxygen atoms in total. The molecule has 1 heterocycles. The Morgan fingerprint density at radius 1 is 1.16 bits per heavy atom. The standard InChI is InChI=1S/C19H20N4OS/c1-14(20-13-15-8-10-17(24-2)11-9-15)12-21-18-23-19(25-18)22-16-6-4-3-5-7-16/h3-12,20H,13H2,1-2H3,(H,21,22,23). The Balaban J connectivity index is 1.47. The second-order valence-corrected chi connectivity index (χ2v) is 6.39. The molecule has 128 valence electrons. The minimum absolute atomic E-state index is 0.744. The maximum absolute atomic E-state index is 5.16. The van der Waals surface area contributed by atoms with Gasteiger partial charge in [0.1, 0.15) is 5.75 Å². The van der Waals surface area contributed by atoms with Gasteiger partial charge >= 0.3 is 0 Å². The summed E-state index contributed by atoms with van der Waals surface area (Å²) >= 11 is 1.53. The van der Waals surface area contributed by atoms with Crippen LogP contribution in [-0.4, -0.2) is 17.4 Å². The number of anilines is 1. The number of aliphatic imine (C=N–C) groups is 2. The van der Waals surface area contributed by atoms with Gasteiger partial charge in [-0.3, -0.25) is 0 Å². The van der Waals surface area contributed by atoms with Crippen LogP contribution in [0.5, 0.6) is 5.75 Å². The average Bonchev–Trinajstić information content (AvgIpc) is 2.63. The van der Waals surface area contributed by atoms with E-state index in [2.05, 4.69) is 20.6 Å². The number of allylic oxidation sites excluding steroid dienone is 1. The number of amidine groups is 2. The predicted octanol–water partition coefficient (Wildman–Crippen LogP) is 4.22. The molecule has 0 unspecified atom stereocenters. The monoisotopic (exact) mass is 352 g/mol. The molecule has 2 aromatic carbocycles. The second-order valence-electron chi connectivity index (χ2n) is 5.44.